The van der Waals surface area contributed by atoms with Gasteiger partial charge >= 0.3 is 11.9 Å². The number of nitrogens with zero attached hydrogens (tertiary/aromatic N) is 4. The number of hydrazone groups is 2. The quantitative estimate of drug-likeness (QED) is 0.489. The summed E-state index contributed by atoms with van der Waals surface area (Å²) >= 11 is 0. The van der Waals surface area contributed by atoms with E-state index < -0.39 is 6.03 Å². The van der Waals surface area contributed by atoms with Gasteiger partial charge in [-0.2, -0.15) is 15.2 Å². The number of amides is 3. The molecule has 3 amide bonds. The zero-order valence-electron chi connectivity index (χ0n) is 19.0. The predicted molar refractivity (Wildman–Crippen MR) is 129 cm³/mol. The van der Waals surface area contributed by atoms with Crippen LogP contribution in [0.4, 0.5) is 16.2 Å². The third-order valence-corrected chi connectivity index (χ3v) is 6.25. The summed E-state index contributed by atoms with van der Waals surface area (Å²) in [6.07, 6.45) is 1.65. The summed E-state index contributed by atoms with van der Waals surface area (Å²) in [5, 5.41) is 20.8. The van der Waals surface area contributed by atoms with Gasteiger partial charge < -0.3 is 15.7 Å². The molecule has 0 spiro atoms. The molecule has 0 aliphatic carbocycles. The average Bonchev–Trinajstić information content (AvgIpc) is 3.08. The van der Waals surface area contributed by atoms with Crippen LogP contribution >= 0.6 is 0 Å². The number of primary amides is 1. The molecule has 0 aromatic heterocycles. The zero-order chi connectivity index (χ0) is 23.7. The number of nitrogens with two attached hydrogens (primary N) is 1. The first-order chi connectivity index (χ1) is 15.8. The van der Waals surface area contributed by atoms with Gasteiger partial charge in [0.05, 0.1) is 17.1 Å². The number of hydrogen-bond acceptors (Lipinski definition) is 6. The maximum absolute atomic E-state index is 13.0. The minimum absolute atomic E-state index is 0.0302. The third-order valence-electron chi connectivity index (χ3n) is 6.25. The van der Waals surface area contributed by atoms with E-state index in [-0.39, 0.29) is 23.3 Å². The first kappa shape index (κ1) is 22.3. The molecule has 2 aliphatic heterocycles. The fourth-order valence-corrected chi connectivity index (χ4v) is 4.19. The summed E-state index contributed by atoms with van der Waals surface area (Å²) in [6, 6.07) is 10.6. The highest BCUT2D eigenvalue weighted by atomic mass is 16.3. The number of carbonyl (C=O) groups excluding carboxylic acids is 2. The number of piperidine rings is 1. The number of anilines is 2. The van der Waals surface area contributed by atoms with Crippen molar-refractivity contribution in [3.8, 4) is 5.75 Å². The van der Waals surface area contributed by atoms with E-state index in [4.69, 9.17) is 5.73 Å². The van der Waals surface area contributed by atoms with Crippen molar-refractivity contribution in [2.75, 3.05) is 23.5 Å². The van der Waals surface area contributed by atoms with Crippen molar-refractivity contribution in [1.82, 2.24) is 4.90 Å². The van der Waals surface area contributed by atoms with Gasteiger partial charge in [0.1, 0.15) is 5.75 Å². The van der Waals surface area contributed by atoms with Gasteiger partial charge in [-0.1, -0.05) is 18.2 Å². The standard InChI is InChI=1S/C24H28N6O3/c1-14-9-10-18(12-15(14)2)30-23(32)21(16(3)28-30)27-26-20-8-4-7-19(22(20)31)17-6-5-11-29(13-17)24(25)33/h4,7-10,12,17,26,31H,5-6,11,13H2,1-3H3,(H2,25,33). The van der Waals surface area contributed by atoms with Crippen molar-refractivity contribution in [2.24, 2.45) is 15.9 Å². The van der Waals surface area contributed by atoms with Crippen LogP contribution in [0.25, 0.3) is 0 Å². The number of para-hydroxylation sites is 1. The van der Waals surface area contributed by atoms with Crippen molar-refractivity contribution in [3.05, 3.63) is 53.1 Å². The summed E-state index contributed by atoms with van der Waals surface area (Å²) in [4.78, 5) is 26.1. The van der Waals surface area contributed by atoms with Gasteiger partial charge in [-0.3, -0.25) is 10.2 Å². The van der Waals surface area contributed by atoms with Gasteiger partial charge in [0.15, 0.2) is 5.71 Å². The molecule has 2 aliphatic rings. The van der Waals surface area contributed by atoms with Crippen molar-refractivity contribution >= 4 is 34.7 Å². The lowest BCUT2D eigenvalue weighted by atomic mass is 9.89. The van der Waals surface area contributed by atoms with Crippen LogP contribution in [0.1, 0.15) is 42.4 Å². The van der Waals surface area contributed by atoms with E-state index in [1.54, 1.807) is 24.0 Å². The Labute approximate surface area is 192 Å². The monoisotopic (exact) mass is 448 g/mol. The second-order valence-corrected chi connectivity index (χ2v) is 8.51. The number of urea groups is 1. The second kappa shape index (κ2) is 8.93. The van der Waals surface area contributed by atoms with E-state index in [9.17, 15) is 14.7 Å². The SMILES string of the molecule is CC1=NN(c2ccc(C)c(C)c2)C(=O)C1=NNc1cccc(C2CCCN(C(N)=O)C2)c1O. The Morgan fingerprint density at radius 1 is 1.21 bits per heavy atom. The Kier molecular flexibility index (Phi) is 6.04. The fourth-order valence-electron chi connectivity index (χ4n) is 4.19. The largest absolute Gasteiger partial charge is 0.505 e. The highest BCUT2D eigenvalue weighted by molar-refractivity contribution is 6.71. The molecule has 0 bridgehead atoms. The highest BCUT2D eigenvalue weighted by Gasteiger charge is 2.31. The van der Waals surface area contributed by atoms with Crippen LogP contribution in [0, 0.1) is 13.8 Å². The number of phenols is 1. The predicted octanol–water partition coefficient (Wildman–Crippen LogP) is 3.46. The van der Waals surface area contributed by atoms with Crippen LogP contribution < -0.4 is 16.2 Å². The molecular weight excluding hydrogens is 420 g/mol. The molecule has 2 heterocycles. The van der Waals surface area contributed by atoms with Gasteiger partial charge in [0, 0.05) is 24.6 Å². The van der Waals surface area contributed by atoms with Gasteiger partial charge in [0.25, 0.3) is 0 Å². The normalized spacial score (nSPS) is 19.7. The van der Waals surface area contributed by atoms with Crippen LogP contribution in [0.15, 0.2) is 46.6 Å². The number of phenolic OH excluding ortho intramolecular Hbond substituents is 1. The smallest absolute Gasteiger partial charge is 0.314 e. The fraction of sp³-hybridized carbons (Fsp3) is 0.333. The van der Waals surface area contributed by atoms with Crippen molar-refractivity contribution in [1.29, 1.82) is 0 Å². The molecule has 2 aromatic rings. The molecular formula is C24H28N6O3. The first-order valence-electron chi connectivity index (χ1n) is 10.9. The van der Waals surface area contributed by atoms with Crippen LogP contribution in [-0.4, -0.2) is 46.5 Å². The maximum Gasteiger partial charge on any atom is 0.314 e. The summed E-state index contributed by atoms with van der Waals surface area (Å²) in [5.41, 5.74) is 12.9. The number of aromatic hydroxyl groups is 1. The molecule has 1 atom stereocenters. The van der Waals surface area contributed by atoms with Gasteiger partial charge in [0.2, 0.25) is 0 Å². The first-order valence-corrected chi connectivity index (χ1v) is 10.9. The maximum atomic E-state index is 13.0. The molecule has 9 heteroatoms. The molecule has 9 nitrogen and oxygen atoms in total. The van der Waals surface area contributed by atoms with E-state index in [1.165, 1.54) is 5.01 Å². The molecule has 4 N–H and O–H groups in total. The van der Waals surface area contributed by atoms with Crippen LogP contribution in [0.5, 0.6) is 5.75 Å². The van der Waals surface area contributed by atoms with Crippen molar-refractivity contribution < 1.29 is 14.7 Å². The van der Waals surface area contributed by atoms with E-state index in [1.807, 2.05) is 38.1 Å². The molecule has 0 radical (unpaired) electrons. The summed E-state index contributed by atoms with van der Waals surface area (Å²) in [6.45, 7) is 6.79. The minimum Gasteiger partial charge on any atom is -0.505 e. The van der Waals surface area contributed by atoms with Crippen LogP contribution in [-0.2, 0) is 4.79 Å². The zero-order valence-corrected chi connectivity index (χ0v) is 19.0. The summed E-state index contributed by atoms with van der Waals surface area (Å²) in [7, 11) is 0. The van der Waals surface area contributed by atoms with E-state index >= 15 is 0 Å². The molecule has 0 saturated carbocycles. The number of likely N-dealkylation sites (tertiary alicyclic amines) is 1. The molecule has 1 fully saturated rings. The second-order valence-electron chi connectivity index (χ2n) is 8.51. The van der Waals surface area contributed by atoms with Crippen LogP contribution in [0.2, 0.25) is 0 Å². The number of aryl methyl sites for hydroxylation is 2. The number of nitrogens with one attached hydrogen (secondary N) is 1. The van der Waals surface area contributed by atoms with Crippen LogP contribution in [0.3, 0.4) is 0 Å². The summed E-state index contributed by atoms with van der Waals surface area (Å²) in [5.74, 6) is -0.329. The number of benzene rings is 2. The topological polar surface area (TPSA) is 124 Å². The Hall–Kier alpha value is -3.88. The molecule has 2 aromatic carbocycles. The summed E-state index contributed by atoms with van der Waals surface area (Å²) < 4.78 is 0. The number of hydrogen-bond donors (Lipinski definition) is 3. The molecule has 33 heavy (non-hydrogen) atoms. The Bertz CT molecular complexity index is 1170. The Morgan fingerprint density at radius 3 is 2.73 bits per heavy atom. The number of carbonyl (C=O) groups is 2. The minimum atomic E-state index is -0.456. The number of rotatable bonds is 4. The molecule has 1 unspecified atom stereocenters. The van der Waals surface area contributed by atoms with Gasteiger partial charge in [-0.05, 0) is 62.9 Å². The Balaban J connectivity index is 1.54. The third kappa shape index (κ3) is 4.39. The van der Waals surface area contributed by atoms with E-state index in [0.29, 0.717) is 35.7 Å². The van der Waals surface area contributed by atoms with Gasteiger partial charge in [-0.15, -0.1) is 0 Å². The molecule has 172 valence electrons. The van der Waals surface area contributed by atoms with Crippen molar-refractivity contribution in [3.63, 3.8) is 0 Å². The van der Waals surface area contributed by atoms with Gasteiger partial charge in [-0.25, -0.2) is 4.79 Å². The average molecular weight is 449 g/mol. The highest BCUT2D eigenvalue weighted by Crippen LogP contribution is 2.37. The lowest BCUT2D eigenvalue weighted by Crippen LogP contribution is -2.42. The molecule has 4 rings (SSSR count). The van der Waals surface area contributed by atoms with E-state index in [2.05, 4.69) is 15.6 Å². The molecule has 1 saturated heterocycles. The lowest BCUT2D eigenvalue weighted by molar-refractivity contribution is -0.112. The lowest BCUT2D eigenvalue weighted by Gasteiger charge is -2.32. The Morgan fingerprint density at radius 2 is 2.00 bits per heavy atom. The van der Waals surface area contributed by atoms with Crippen molar-refractivity contribution in [2.45, 2.75) is 39.5 Å². The van der Waals surface area contributed by atoms with E-state index in [0.717, 1.165) is 24.0 Å².